The average molecular weight is 590 g/mol. The molecule has 1 aliphatic heterocycles. The van der Waals surface area contributed by atoms with E-state index in [9.17, 15) is 14.4 Å². The lowest BCUT2D eigenvalue weighted by atomic mass is 10.00. The number of methoxy groups -OCH3 is 1. The van der Waals surface area contributed by atoms with Gasteiger partial charge in [-0.05, 0) is 59.7 Å². The predicted octanol–water partition coefficient (Wildman–Crippen LogP) is 4.38. The van der Waals surface area contributed by atoms with Gasteiger partial charge in [-0.2, -0.15) is 4.68 Å². The van der Waals surface area contributed by atoms with Crippen molar-refractivity contribution in [2.24, 2.45) is 0 Å². The Bertz CT molecular complexity index is 1630. The molecule has 2 bridgehead atoms. The van der Waals surface area contributed by atoms with Gasteiger partial charge in [-0.1, -0.05) is 24.4 Å². The van der Waals surface area contributed by atoms with Crippen LogP contribution in [0.4, 0.5) is 16.2 Å². The summed E-state index contributed by atoms with van der Waals surface area (Å²) in [5.74, 6) is -0.0799. The molecule has 13 nitrogen and oxygen atoms in total. The number of benzene rings is 2. The van der Waals surface area contributed by atoms with Gasteiger partial charge < -0.3 is 20.4 Å². The first kappa shape index (κ1) is 28.5. The first-order valence-electron chi connectivity index (χ1n) is 13.3. The summed E-state index contributed by atoms with van der Waals surface area (Å²) in [5.41, 5.74) is 2.97. The van der Waals surface area contributed by atoms with Crippen LogP contribution in [0.5, 0.6) is 0 Å². The topological polar surface area (TPSA) is 169 Å². The lowest BCUT2D eigenvalue weighted by molar-refractivity contribution is -0.111. The molecule has 3 amide bonds. The Kier molecular flexibility index (Phi) is 8.87. The fraction of sp³-hybridized carbons (Fsp3) is 0.250. The molecule has 5 rings (SSSR count). The summed E-state index contributed by atoms with van der Waals surface area (Å²) in [4.78, 5) is 46.6. The minimum atomic E-state index is -0.725. The van der Waals surface area contributed by atoms with Gasteiger partial charge in [0, 0.05) is 40.9 Å². The number of tetrazole rings is 1. The lowest BCUT2D eigenvalue weighted by Crippen LogP contribution is -2.26. The van der Waals surface area contributed by atoms with Gasteiger partial charge in [-0.15, -0.1) is 5.10 Å². The third-order valence-corrected chi connectivity index (χ3v) is 6.83. The summed E-state index contributed by atoms with van der Waals surface area (Å²) < 4.78 is 6.19. The number of halogens is 1. The number of ether oxygens (including phenoxy) is 1. The van der Waals surface area contributed by atoms with E-state index in [4.69, 9.17) is 16.3 Å². The smallest absolute Gasteiger partial charge is 0.411 e. The van der Waals surface area contributed by atoms with E-state index in [0.717, 1.165) is 37.9 Å². The molecule has 1 aliphatic rings. The molecule has 0 spiro atoms. The molecule has 0 saturated heterocycles. The van der Waals surface area contributed by atoms with Crippen molar-refractivity contribution in [2.75, 3.05) is 24.3 Å². The highest BCUT2D eigenvalue weighted by molar-refractivity contribution is 6.30. The fourth-order valence-electron chi connectivity index (χ4n) is 4.61. The fourth-order valence-corrected chi connectivity index (χ4v) is 4.80. The number of carbonyl (C=O) groups is 3. The van der Waals surface area contributed by atoms with E-state index < -0.39 is 12.0 Å². The molecule has 0 atom stereocenters. The lowest BCUT2D eigenvalue weighted by Gasteiger charge is -2.17. The summed E-state index contributed by atoms with van der Waals surface area (Å²) in [6.45, 7) is 0.494. The second-order valence-corrected chi connectivity index (χ2v) is 9.94. The van der Waals surface area contributed by atoms with E-state index >= 15 is 0 Å². The number of H-pyrrole nitrogens is 1. The number of nitrogens with zero attached hydrogens (tertiary/aromatic N) is 5. The first-order chi connectivity index (χ1) is 20.4. The van der Waals surface area contributed by atoms with Crippen molar-refractivity contribution in [3.05, 3.63) is 70.9 Å². The minimum Gasteiger partial charge on any atom is -0.453 e. The number of aromatic nitrogens is 6. The number of hydrogen-bond acceptors (Lipinski definition) is 8. The number of hydrogen-bond donors (Lipinski definition) is 4. The summed E-state index contributed by atoms with van der Waals surface area (Å²) in [7, 11) is 1.23. The average Bonchev–Trinajstić information content (AvgIpc) is 3.68. The summed E-state index contributed by atoms with van der Waals surface area (Å²) in [6, 6.07) is 8.19. The second-order valence-electron chi connectivity index (χ2n) is 9.51. The second kappa shape index (κ2) is 13.1. The van der Waals surface area contributed by atoms with Gasteiger partial charge in [0.1, 0.15) is 12.2 Å². The van der Waals surface area contributed by atoms with E-state index in [1.165, 1.54) is 30.3 Å². The van der Waals surface area contributed by atoms with Gasteiger partial charge in [-0.25, -0.2) is 9.78 Å². The van der Waals surface area contributed by atoms with E-state index in [0.29, 0.717) is 34.1 Å². The third kappa shape index (κ3) is 6.81. The van der Waals surface area contributed by atoms with Crippen LogP contribution in [0.25, 0.3) is 23.0 Å². The number of fused-ring (bicyclic) bond motifs is 4. The number of carbonyl (C=O) groups excluding carboxylic acids is 3. The SMILES string of the molecule is COC(=O)Nc1cc(NC(=O)C=Cc2cc(Cl)ccc2-n2cnnn2)c2c(c1)C(=O)NCCCCCCc1ncc-2[nH]1. The van der Waals surface area contributed by atoms with Crippen LogP contribution in [0.15, 0.2) is 48.9 Å². The first-order valence-corrected chi connectivity index (χ1v) is 13.7. The van der Waals surface area contributed by atoms with Gasteiger partial charge in [0.15, 0.2) is 0 Å². The molecular formula is C28H28ClN9O4. The maximum absolute atomic E-state index is 13.4. The highest BCUT2D eigenvalue weighted by Gasteiger charge is 2.22. The van der Waals surface area contributed by atoms with Crippen molar-refractivity contribution >= 4 is 47.0 Å². The Morgan fingerprint density at radius 2 is 1.98 bits per heavy atom. The maximum Gasteiger partial charge on any atom is 0.411 e. The van der Waals surface area contributed by atoms with Crippen LogP contribution < -0.4 is 16.0 Å². The van der Waals surface area contributed by atoms with Crippen molar-refractivity contribution in [3.8, 4) is 16.9 Å². The van der Waals surface area contributed by atoms with Crippen LogP contribution in [0.2, 0.25) is 5.02 Å². The highest BCUT2D eigenvalue weighted by atomic mass is 35.5. The number of nitrogens with one attached hydrogen (secondary N) is 4. The van der Waals surface area contributed by atoms with Crippen LogP contribution in [-0.4, -0.2) is 61.7 Å². The van der Waals surface area contributed by atoms with Crippen LogP contribution in [0.3, 0.4) is 0 Å². The van der Waals surface area contributed by atoms with E-state index in [2.05, 4.69) is 41.4 Å². The minimum absolute atomic E-state index is 0.244. The van der Waals surface area contributed by atoms with E-state index in [1.807, 2.05) is 0 Å². The van der Waals surface area contributed by atoms with Gasteiger partial charge in [-0.3, -0.25) is 14.9 Å². The number of amides is 3. The molecule has 42 heavy (non-hydrogen) atoms. The molecule has 2 aromatic carbocycles. The van der Waals surface area contributed by atoms with Gasteiger partial charge in [0.25, 0.3) is 5.91 Å². The molecule has 3 heterocycles. The Morgan fingerprint density at radius 1 is 1.12 bits per heavy atom. The van der Waals surface area contributed by atoms with Crippen LogP contribution in [-0.2, 0) is 16.0 Å². The van der Waals surface area contributed by atoms with Crippen molar-refractivity contribution in [1.82, 2.24) is 35.5 Å². The predicted molar refractivity (Wildman–Crippen MR) is 156 cm³/mol. The zero-order valence-corrected chi connectivity index (χ0v) is 23.4. The van der Waals surface area contributed by atoms with Gasteiger partial charge in [0.2, 0.25) is 5.91 Å². The van der Waals surface area contributed by atoms with Crippen molar-refractivity contribution in [3.63, 3.8) is 0 Å². The number of rotatable bonds is 5. The quantitative estimate of drug-likeness (QED) is 0.249. The number of anilines is 2. The zero-order valence-electron chi connectivity index (χ0n) is 22.7. The highest BCUT2D eigenvalue weighted by Crippen LogP contribution is 2.35. The van der Waals surface area contributed by atoms with E-state index in [-0.39, 0.29) is 22.8 Å². The normalized spacial score (nSPS) is 13.7. The molecule has 4 N–H and O–H groups in total. The molecule has 4 aromatic rings. The molecule has 0 aliphatic carbocycles. The molecule has 0 saturated carbocycles. The Morgan fingerprint density at radius 3 is 2.79 bits per heavy atom. The zero-order chi connectivity index (χ0) is 29.5. The number of imidazole rings is 1. The van der Waals surface area contributed by atoms with Crippen LogP contribution in [0, 0.1) is 0 Å². The molecule has 2 aromatic heterocycles. The standard InChI is InChI=1S/C28H28ClN9O4/c1-42-28(41)33-19-13-20-26(22-15-31-24(34-22)6-4-2-3-5-11-30-27(20)40)21(14-19)35-25(39)10-7-17-12-18(29)8-9-23(17)38-16-32-36-37-38/h7-10,12-16H,2-6,11H2,1H3,(H,30,40)(H,31,34)(H,33,41)(H,35,39). The Balaban J connectivity index is 1.54. The Hall–Kier alpha value is -5.04. The largest absolute Gasteiger partial charge is 0.453 e. The molecule has 0 fully saturated rings. The molecule has 0 unspecified atom stereocenters. The molecule has 216 valence electrons. The molecule has 14 heteroatoms. The van der Waals surface area contributed by atoms with E-state index in [1.54, 1.807) is 36.5 Å². The van der Waals surface area contributed by atoms with Gasteiger partial charge in [0.05, 0.1) is 35.9 Å². The van der Waals surface area contributed by atoms with Crippen LogP contribution in [0.1, 0.15) is 47.4 Å². The molecular weight excluding hydrogens is 562 g/mol. The summed E-state index contributed by atoms with van der Waals surface area (Å²) >= 11 is 6.21. The number of aromatic amines is 1. The number of aryl methyl sites for hydroxylation is 1. The van der Waals surface area contributed by atoms with Crippen molar-refractivity contribution in [1.29, 1.82) is 0 Å². The van der Waals surface area contributed by atoms with Crippen molar-refractivity contribution in [2.45, 2.75) is 32.1 Å². The van der Waals surface area contributed by atoms with Gasteiger partial charge >= 0.3 is 6.09 Å². The summed E-state index contributed by atoms with van der Waals surface area (Å²) in [5, 5.41) is 20.1. The molecule has 0 radical (unpaired) electrons. The van der Waals surface area contributed by atoms with Crippen molar-refractivity contribution < 1.29 is 19.1 Å². The monoisotopic (exact) mass is 589 g/mol. The van der Waals surface area contributed by atoms with Crippen LogP contribution >= 0.6 is 11.6 Å². The maximum atomic E-state index is 13.4. The summed E-state index contributed by atoms with van der Waals surface area (Å²) in [6.07, 6.45) is 9.77. The Labute approximate surface area is 245 Å². The third-order valence-electron chi connectivity index (χ3n) is 6.60.